The third kappa shape index (κ3) is 3.43. The predicted molar refractivity (Wildman–Crippen MR) is 62.5 cm³/mol. The second kappa shape index (κ2) is 5.52. The highest BCUT2D eigenvalue weighted by atomic mass is 15.2. The molecule has 2 heteroatoms. The molecule has 2 unspecified atom stereocenters. The molecule has 0 aliphatic carbocycles. The Balaban J connectivity index is 2.35. The van der Waals surface area contributed by atoms with Crippen LogP contribution in [0, 0.1) is 5.92 Å². The minimum absolute atomic E-state index is 0.689. The van der Waals surface area contributed by atoms with Crippen molar-refractivity contribution in [3.63, 3.8) is 0 Å². The van der Waals surface area contributed by atoms with E-state index < -0.39 is 0 Å². The molecule has 1 rings (SSSR count). The standard InChI is InChI=1S/C12H24N2/c1-5-14(8-10(2)3)9-12-11(4)6-7-13-12/h11-13H,2,5-9H2,1,3-4H3. The smallest absolute Gasteiger partial charge is 0.0221 e. The Bertz CT molecular complexity index is 189. The maximum Gasteiger partial charge on any atom is 0.0221 e. The minimum atomic E-state index is 0.689. The van der Waals surface area contributed by atoms with Crippen molar-refractivity contribution in [1.82, 2.24) is 10.2 Å². The van der Waals surface area contributed by atoms with Gasteiger partial charge < -0.3 is 5.32 Å². The van der Waals surface area contributed by atoms with E-state index in [0.717, 1.165) is 19.0 Å². The van der Waals surface area contributed by atoms with Crippen LogP contribution >= 0.6 is 0 Å². The number of hydrogen-bond acceptors (Lipinski definition) is 2. The molecule has 2 nitrogen and oxygen atoms in total. The van der Waals surface area contributed by atoms with Crippen molar-refractivity contribution in [3.8, 4) is 0 Å². The van der Waals surface area contributed by atoms with Gasteiger partial charge in [-0.3, -0.25) is 4.90 Å². The monoisotopic (exact) mass is 196 g/mol. The van der Waals surface area contributed by atoms with E-state index in [-0.39, 0.29) is 0 Å². The molecular weight excluding hydrogens is 172 g/mol. The van der Waals surface area contributed by atoms with Crippen molar-refractivity contribution in [1.29, 1.82) is 0 Å². The lowest BCUT2D eigenvalue weighted by Gasteiger charge is -2.26. The Morgan fingerprint density at radius 1 is 1.57 bits per heavy atom. The van der Waals surface area contributed by atoms with Crippen molar-refractivity contribution in [2.75, 3.05) is 26.2 Å². The van der Waals surface area contributed by atoms with E-state index in [1.807, 2.05) is 0 Å². The van der Waals surface area contributed by atoms with Gasteiger partial charge in [0.15, 0.2) is 0 Å². The molecule has 0 aromatic rings. The molecule has 1 aliphatic heterocycles. The Morgan fingerprint density at radius 2 is 2.29 bits per heavy atom. The summed E-state index contributed by atoms with van der Waals surface area (Å²) in [5, 5.41) is 3.57. The van der Waals surface area contributed by atoms with Gasteiger partial charge in [-0.05, 0) is 32.4 Å². The molecule has 1 fully saturated rings. The Hall–Kier alpha value is -0.340. The van der Waals surface area contributed by atoms with Crippen LogP contribution in [0.3, 0.4) is 0 Å². The van der Waals surface area contributed by atoms with Crippen LogP contribution in [0.25, 0.3) is 0 Å². The zero-order valence-corrected chi connectivity index (χ0v) is 9.84. The van der Waals surface area contributed by atoms with Crippen LogP contribution < -0.4 is 5.32 Å². The van der Waals surface area contributed by atoms with E-state index in [4.69, 9.17) is 0 Å². The molecule has 1 N–H and O–H groups in total. The molecule has 0 aromatic heterocycles. The van der Waals surface area contributed by atoms with Gasteiger partial charge >= 0.3 is 0 Å². The van der Waals surface area contributed by atoms with Crippen molar-refractivity contribution in [2.45, 2.75) is 33.2 Å². The fraction of sp³-hybridized carbons (Fsp3) is 0.833. The molecule has 0 saturated carbocycles. The van der Waals surface area contributed by atoms with E-state index in [9.17, 15) is 0 Å². The van der Waals surface area contributed by atoms with Gasteiger partial charge in [0, 0.05) is 19.1 Å². The summed E-state index contributed by atoms with van der Waals surface area (Å²) in [6.45, 7) is 15.2. The summed E-state index contributed by atoms with van der Waals surface area (Å²) >= 11 is 0. The summed E-state index contributed by atoms with van der Waals surface area (Å²) < 4.78 is 0. The zero-order valence-electron chi connectivity index (χ0n) is 9.84. The SMILES string of the molecule is C=C(C)CN(CC)CC1NCCC1C. The largest absolute Gasteiger partial charge is 0.312 e. The van der Waals surface area contributed by atoms with E-state index in [1.54, 1.807) is 0 Å². The fourth-order valence-corrected chi connectivity index (χ4v) is 2.11. The molecule has 0 radical (unpaired) electrons. The molecule has 14 heavy (non-hydrogen) atoms. The van der Waals surface area contributed by atoms with Gasteiger partial charge in [0.2, 0.25) is 0 Å². The molecule has 1 aliphatic rings. The molecule has 0 amide bonds. The summed E-state index contributed by atoms with van der Waals surface area (Å²) in [5.41, 5.74) is 1.26. The van der Waals surface area contributed by atoms with Gasteiger partial charge in [-0.2, -0.15) is 0 Å². The fourth-order valence-electron chi connectivity index (χ4n) is 2.11. The van der Waals surface area contributed by atoms with Crippen LogP contribution in [-0.4, -0.2) is 37.1 Å². The zero-order chi connectivity index (χ0) is 10.6. The number of nitrogens with one attached hydrogen (secondary N) is 1. The van der Waals surface area contributed by atoms with Crippen LogP contribution in [0.1, 0.15) is 27.2 Å². The van der Waals surface area contributed by atoms with Gasteiger partial charge in [0.25, 0.3) is 0 Å². The Morgan fingerprint density at radius 3 is 2.71 bits per heavy atom. The molecule has 0 bridgehead atoms. The second-order valence-corrected chi connectivity index (χ2v) is 4.61. The Labute approximate surface area is 88.4 Å². The predicted octanol–water partition coefficient (Wildman–Crippen LogP) is 1.88. The van der Waals surface area contributed by atoms with Crippen molar-refractivity contribution < 1.29 is 0 Å². The van der Waals surface area contributed by atoms with Crippen LogP contribution in [0.4, 0.5) is 0 Å². The lowest BCUT2D eigenvalue weighted by Crippen LogP contribution is -2.40. The summed E-state index contributed by atoms with van der Waals surface area (Å²) in [6, 6.07) is 0.689. The highest BCUT2D eigenvalue weighted by Gasteiger charge is 2.24. The van der Waals surface area contributed by atoms with Crippen molar-refractivity contribution >= 4 is 0 Å². The summed E-state index contributed by atoms with van der Waals surface area (Å²) in [6.07, 6.45) is 1.33. The number of nitrogens with zero attached hydrogens (tertiary/aromatic N) is 1. The molecule has 0 aromatic carbocycles. The molecule has 1 heterocycles. The van der Waals surface area contributed by atoms with Crippen molar-refractivity contribution in [2.24, 2.45) is 5.92 Å². The van der Waals surface area contributed by atoms with Crippen LogP contribution in [0.2, 0.25) is 0 Å². The van der Waals surface area contributed by atoms with Crippen LogP contribution in [0.15, 0.2) is 12.2 Å². The second-order valence-electron chi connectivity index (χ2n) is 4.61. The molecule has 0 spiro atoms. The third-order valence-corrected chi connectivity index (χ3v) is 3.09. The lowest BCUT2D eigenvalue weighted by molar-refractivity contribution is 0.261. The van der Waals surface area contributed by atoms with E-state index in [0.29, 0.717) is 6.04 Å². The highest BCUT2D eigenvalue weighted by molar-refractivity contribution is 4.93. The first-order chi connectivity index (χ1) is 6.63. The van der Waals surface area contributed by atoms with Gasteiger partial charge in [-0.25, -0.2) is 0 Å². The average Bonchev–Trinajstić information content (AvgIpc) is 2.50. The normalized spacial score (nSPS) is 27.1. The first-order valence-electron chi connectivity index (χ1n) is 5.73. The van der Waals surface area contributed by atoms with Crippen LogP contribution in [0.5, 0.6) is 0 Å². The quantitative estimate of drug-likeness (QED) is 0.675. The topological polar surface area (TPSA) is 15.3 Å². The molecule has 1 saturated heterocycles. The van der Waals surface area contributed by atoms with E-state index in [1.165, 1.54) is 25.1 Å². The van der Waals surface area contributed by atoms with E-state index >= 15 is 0 Å². The highest BCUT2D eigenvalue weighted by Crippen LogP contribution is 2.15. The molecule has 82 valence electrons. The number of rotatable bonds is 5. The van der Waals surface area contributed by atoms with Gasteiger partial charge in [-0.15, -0.1) is 0 Å². The average molecular weight is 196 g/mol. The maximum absolute atomic E-state index is 3.97. The molecule has 2 atom stereocenters. The summed E-state index contributed by atoms with van der Waals surface area (Å²) in [7, 11) is 0. The van der Waals surface area contributed by atoms with E-state index in [2.05, 4.69) is 37.6 Å². The first kappa shape index (κ1) is 11.7. The van der Waals surface area contributed by atoms with Gasteiger partial charge in [0.1, 0.15) is 0 Å². The summed E-state index contributed by atoms with van der Waals surface area (Å²) in [5.74, 6) is 0.828. The number of likely N-dealkylation sites (N-methyl/N-ethyl adjacent to an activating group) is 1. The lowest BCUT2D eigenvalue weighted by atomic mass is 10.0. The minimum Gasteiger partial charge on any atom is -0.312 e. The van der Waals surface area contributed by atoms with Gasteiger partial charge in [-0.1, -0.05) is 26.0 Å². The number of hydrogen-bond donors (Lipinski definition) is 1. The maximum atomic E-state index is 3.97. The summed E-state index contributed by atoms with van der Waals surface area (Å²) in [4.78, 5) is 2.47. The molecular formula is C12H24N2. The van der Waals surface area contributed by atoms with Crippen molar-refractivity contribution in [3.05, 3.63) is 12.2 Å². The Kier molecular flexibility index (Phi) is 4.63. The van der Waals surface area contributed by atoms with Crippen LogP contribution in [-0.2, 0) is 0 Å². The third-order valence-electron chi connectivity index (χ3n) is 3.09. The first-order valence-corrected chi connectivity index (χ1v) is 5.73. The van der Waals surface area contributed by atoms with Gasteiger partial charge in [0.05, 0.1) is 0 Å².